The summed E-state index contributed by atoms with van der Waals surface area (Å²) in [5.74, 6) is -0.459. The number of carbonyl (C=O) groups is 2. The van der Waals surface area contributed by atoms with Gasteiger partial charge in [-0.05, 0) is 45.8 Å². The number of hydrogen-bond donors (Lipinski definition) is 0. The van der Waals surface area contributed by atoms with Gasteiger partial charge in [0.25, 0.3) is 0 Å². The molecule has 0 N–H and O–H groups in total. The van der Waals surface area contributed by atoms with Crippen LogP contribution in [0.15, 0.2) is 72.8 Å². The van der Waals surface area contributed by atoms with Gasteiger partial charge in [0.05, 0.1) is 25.3 Å². The fourth-order valence-corrected chi connectivity index (χ4v) is 3.33. The Hall–Kier alpha value is -3.86. The average molecular weight is 386 g/mol. The van der Waals surface area contributed by atoms with Gasteiger partial charge < -0.3 is 14.2 Å². The summed E-state index contributed by atoms with van der Waals surface area (Å²) in [7, 11) is 3.04. The molecule has 0 aromatic heterocycles. The van der Waals surface area contributed by atoms with Crippen LogP contribution in [-0.4, -0.2) is 26.2 Å². The first-order chi connectivity index (χ1) is 14.1. The number of rotatable bonds is 4. The zero-order valence-electron chi connectivity index (χ0n) is 16.0. The molecule has 0 radical (unpaired) electrons. The first-order valence-corrected chi connectivity index (χ1v) is 9.01. The van der Waals surface area contributed by atoms with E-state index in [1.165, 1.54) is 14.2 Å². The Kier molecular flexibility index (Phi) is 4.87. The maximum atomic E-state index is 12.9. The SMILES string of the molecule is COc1cc(C(=O)OC(=O)c2cc(OC)cc3ccccc23)c2ccccc2c1. The molecule has 4 aromatic rings. The highest BCUT2D eigenvalue weighted by Gasteiger charge is 2.21. The molecule has 0 atom stereocenters. The molecule has 5 heteroatoms. The van der Waals surface area contributed by atoms with Crippen LogP contribution >= 0.6 is 0 Å². The molecule has 4 rings (SSSR count). The normalized spacial score (nSPS) is 10.7. The second kappa shape index (κ2) is 7.64. The Morgan fingerprint density at radius 3 is 1.45 bits per heavy atom. The van der Waals surface area contributed by atoms with Gasteiger partial charge >= 0.3 is 11.9 Å². The second-order valence-electron chi connectivity index (χ2n) is 6.47. The predicted molar refractivity (Wildman–Crippen MR) is 111 cm³/mol. The Morgan fingerprint density at radius 1 is 0.621 bits per heavy atom. The van der Waals surface area contributed by atoms with Crippen molar-refractivity contribution >= 4 is 33.5 Å². The first kappa shape index (κ1) is 18.5. The molecular formula is C24H18O5. The molecule has 5 nitrogen and oxygen atoms in total. The quantitative estimate of drug-likeness (QED) is 0.365. The van der Waals surface area contributed by atoms with Gasteiger partial charge in [0.2, 0.25) is 0 Å². The lowest BCUT2D eigenvalue weighted by Gasteiger charge is -2.11. The van der Waals surface area contributed by atoms with Crippen molar-refractivity contribution < 1.29 is 23.8 Å². The molecule has 0 bridgehead atoms. The van der Waals surface area contributed by atoms with Crippen LogP contribution in [0, 0.1) is 0 Å². The van der Waals surface area contributed by atoms with E-state index in [0.717, 1.165) is 10.8 Å². The summed E-state index contributed by atoms with van der Waals surface area (Å²) in [5.41, 5.74) is 0.529. The average Bonchev–Trinajstić information content (AvgIpc) is 2.77. The fraction of sp³-hybridized carbons (Fsp3) is 0.0833. The van der Waals surface area contributed by atoms with Gasteiger partial charge in [-0.15, -0.1) is 0 Å². The van der Waals surface area contributed by atoms with E-state index in [1.807, 2.05) is 48.5 Å². The minimum Gasteiger partial charge on any atom is -0.497 e. The molecule has 0 heterocycles. The van der Waals surface area contributed by atoms with E-state index in [9.17, 15) is 9.59 Å². The van der Waals surface area contributed by atoms with Crippen LogP contribution in [0.25, 0.3) is 21.5 Å². The zero-order valence-corrected chi connectivity index (χ0v) is 16.0. The third-order valence-corrected chi connectivity index (χ3v) is 4.77. The molecule has 0 aliphatic rings. The Morgan fingerprint density at radius 2 is 1.03 bits per heavy atom. The minimum absolute atomic E-state index is 0.264. The smallest absolute Gasteiger partial charge is 0.346 e. The van der Waals surface area contributed by atoms with Crippen molar-refractivity contribution in [1.29, 1.82) is 0 Å². The monoisotopic (exact) mass is 386 g/mol. The van der Waals surface area contributed by atoms with Crippen molar-refractivity contribution in [2.45, 2.75) is 0 Å². The van der Waals surface area contributed by atoms with E-state index in [0.29, 0.717) is 22.3 Å². The highest BCUT2D eigenvalue weighted by atomic mass is 16.6. The van der Waals surface area contributed by atoms with Gasteiger partial charge in [0, 0.05) is 0 Å². The molecule has 0 saturated carbocycles. The van der Waals surface area contributed by atoms with E-state index in [-0.39, 0.29) is 11.1 Å². The van der Waals surface area contributed by atoms with Crippen molar-refractivity contribution in [3.05, 3.63) is 83.9 Å². The van der Waals surface area contributed by atoms with Crippen LogP contribution in [0.1, 0.15) is 20.7 Å². The van der Waals surface area contributed by atoms with Gasteiger partial charge in [0.1, 0.15) is 11.5 Å². The number of benzene rings is 4. The number of methoxy groups -OCH3 is 2. The van der Waals surface area contributed by atoms with Gasteiger partial charge in [-0.2, -0.15) is 0 Å². The van der Waals surface area contributed by atoms with Gasteiger partial charge in [-0.3, -0.25) is 0 Å². The van der Waals surface area contributed by atoms with Crippen molar-refractivity contribution in [3.63, 3.8) is 0 Å². The standard InChI is InChI=1S/C24H18O5/c1-27-17-11-15-7-3-5-9-19(15)21(13-17)23(25)29-24(26)22-14-18(28-2)12-16-8-4-6-10-20(16)22/h3-14H,1-2H3. The Balaban J connectivity index is 1.74. The van der Waals surface area contributed by atoms with Crippen LogP contribution in [0.2, 0.25) is 0 Å². The Labute approximate surface area is 167 Å². The van der Waals surface area contributed by atoms with Crippen molar-refractivity contribution in [2.24, 2.45) is 0 Å². The van der Waals surface area contributed by atoms with E-state index >= 15 is 0 Å². The number of esters is 2. The summed E-state index contributed by atoms with van der Waals surface area (Å²) in [6.45, 7) is 0. The molecule has 0 aliphatic heterocycles. The van der Waals surface area contributed by atoms with Crippen molar-refractivity contribution in [1.82, 2.24) is 0 Å². The third kappa shape index (κ3) is 3.50. The Bertz CT molecular complexity index is 1150. The second-order valence-corrected chi connectivity index (χ2v) is 6.47. The number of carbonyl (C=O) groups excluding carboxylic acids is 2. The fourth-order valence-electron chi connectivity index (χ4n) is 3.33. The maximum absolute atomic E-state index is 12.9. The molecule has 4 aromatic carbocycles. The van der Waals surface area contributed by atoms with Gasteiger partial charge in [-0.1, -0.05) is 48.5 Å². The number of fused-ring (bicyclic) bond motifs is 2. The van der Waals surface area contributed by atoms with Gasteiger partial charge in [0.15, 0.2) is 0 Å². The molecule has 0 saturated heterocycles. The van der Waals surface area contributed by atoms with Crippen LogP contribution < -0.4 is 9.47 Å². The minimum atomic E-state index is -0.739. The maximum Gasteiger partial charge on any atom is 0.346 e. The summed E-state index contributed by atoms with van der Waals surface area (Å²) < 4.78 is 15.8. The van der Waals surface area contributed by atoms with E-state index in [1.54, 1.807) is 24.3 Å². The highest BCUT2D eigenvalue weighted by molar-refractivity contribution is 6.13. The molecule has 29 heavy (non-hydrogen) atoms. The molecule has 0 spiro atoms. The lowest BCUT2D eigenvalue weighted by atomic mass is 10.0. The van der Waals surface area contributed by atoms with E-state index in [2.05, 4.69) is 0 Å². The highest BCUT2D eigenvalue weighted by Crippen LogP contribution is 2.28. The largest absolute Gasteiger partial charge is 0.497 e. The molecular weight excluding hydrogens is 368 g/mol. The van der Waals surface area contributed by atoms with Gasteiger partial charge in [-0.25, -0.2) is 9.59 Å². The lowest BCUT2D eigenvalue weighted by molar-refractivity contribution is 0.0400. The third-order valence-electron chi connectivity index (χ3n) is 4.77. The van der Waals surface area contributed by atoms with E-state index < -0.39 is 11.9 Å². The molecule has 0 fully saturated rings. The van der Waals surface area contributed by atoms with Crippen molar-refractivity contribution in [3.8, 4) is 11.5 Å². The van der Waals surface area contributed by atoms with E-state index in [4.69, 9.17) is 14.2 Å². The lowest BCUT2D eigenvalue weighted by Crippen LogP contribution is -2.14. The number of ether oxygens (including phenoxy) is 3. The molecule has 0 unspecified atom stereocenters. The first-order valence-electron chi connectivity index (χ1n) is 9.01. The number of hydrogen-bond acceptors (Lipinski definition) is 5. The molecule has 0 amide bonds. The molecule has 0 aliphatic carbocycles. The predicted octanol–water partition coefficient (Wildman–Crippen LogP) is 5.01. The van der Waals surface area contributed by atoms with Crippen molar-refractivity contribution in [2.75, 3.05) is 14.2 Å². The van der Waals surface area contributed by atoms with Crippen LogP contribution in [-0.2, 0) is 4.74 Å². The van der Waals surface area contributed by atoms with Crippen LogP contribution in [0.5, 0.6) is 11.5 Å². The summed E-state index contributed by atoms with van der Waals surface area (Å²) in [5, 5.41) is 3.00. The summed E-state index contributed by atoms with van der Waals surface area (Å²) in [6.07, 6.45) is 0. The summed E-state index contributed by atoms with van der Waals surface area (Å²) in [6, 6.07) is 21.5. The van der Waals surface area contributed by atoms with Crippen LogP contribution in [0.3, 0.4) is 0 Å². The van der Waals surface area contributed by atoms with Crippen LogP contribution in [0.4, 0.5) is 0 Å². The summed E-state index contributed by atoms with van der Waals surface area (Å²) >= 11 is 0. The topological polar surface area (TPSA) is 61.8 Å². The molecule has 144 valence electrons. The zero-order chi connectivity index (χ0) is 20.4. The summed E-state index contributed by atoms with van der Waals surface area (Å²) in [4.78, 5) is 25.7.